The Morgan fingerprint density at radius 2 is 1.84 bits per heavy atom. The van der Waals surface area contributed by atoms with Gasteiger partial charge < -0.3 is 18.9 Å². The van der Waals surface area contributed by atoms with Crippen molar-refractivity contribution in [2.45, 2.75) is 70.1 Å². The van der Waals surface area contributed by atoms with Gasteiger partial charge in [0, 0.05) is 37.5 Å². The number of methoxy groups -OCH3 is 1. The Bertz CT molecular complexity index is 1070. The van der Waals surface area contributed by atoms with E-state index in [1.54, 1.807) is 0 Å². The molecule has 3 rings (SSSR count). The molecule has 10 heteroatoms. The lowest BCUT2D eigenvalue weighted by Gasteiger charge is -2.34. The first-order valence-electron chi connectivity index (χ1n) is 12.0. The third-order valence-electron chi connectivity index (χ3n) is 6.89. The van der Waals surface area contributed by atoms with Crippen LogP contribution in [0.4, 0.5) is 13.2 Å². The van der Waals surface area contributed by atoms with E-state index >= 15 is 0 Å². The Kier molecular flexibility index (Phi) is 8.52. The minimum absolute atomic E-state index is 0.0794. The quantitative estimate of drug-likeness (QED) is 0.209. The molecule has 1 aromatic carbocycles. The van der Waals surface area contributed by atoms with Crippen LogP contribution in [-0.4, -0.2) is 49.5 Å². The summed E-state index contributed by atoms with van der Waals surface area (Å²) in [5.74, 6) is -3.04. The molecule has 0 radical (unpaired) electrons. The summed E-state index contributed by atoms with van der Waals surface area (Å²) in [6, 6.07) is 6.53. The molecule has 37 heavy (non-hydrogen) atoms. The summed E-state index contributed by atoms with van der Waals surface area (Å²) >= 11 is 0. The normalized spacial score (nSPS) is 25.1. The third-order valence-corrected chi connectivity index (χ3v) is 6.89. The van der Waals surface area contributed by atoms with Gasteiger partial charge in [-0.3, -0.25) is 4.79 Å². The maximum atomic E-state index is 14.2. The van der Waals surface area contributed by atoms with Crippen molar-refractivity contribution in [1.29, 1.82) is 0 Å². The minimum atomic E-state index is -5.11. The van der Waals surface area contributed by atoms with Crippen molar-refractivity contribution in [3.8, 4) is 0 Å². The van der Waals surface area contributed by atoms with E-state index in [1.165, 1.54) is 32.0 Å². The molecule has 0 amide bonds. The second-order valence-corrected chi connectivity index (χ2v) is 9.45. The maximum absolute atomic E-state index is 14.2. The van der Waals surface area contributed by atoms with Crippen molar-refractivity contribution in [2.24, 2.45) is 11.8 Å². The van der Waals surface area contributed by atoms with Crippen LogP contribution in [0.3, 0.4) is 0 Å². The maximum Gasteiger partial charge on any atom is 0.432 e. The zero-order chi connectivity index (χ0) is 27.5. The number of alkyl halides is 3. The van der Waals surface area contributed by atoms with E-state index in [0.29, 0.717) is 24.0 Å². The fraction of sp³-hybridized carbons (Fsp3) is 0.519. The Hall–Kier alpha value is -3.14. The number of hydrogen-bond acceptors (Lipinski definition) is 7. The van der Waals surface area contributed by atoms with Crippen molar-refractivity contribution in [3.05, 3.63) is 59.7 Å². The van der Waals surface area contributed by atoms with Gasteiger partial charge in [-0.1, -0.05) is 49.9 Å². The number of hydrogen-bond donors (Lipinski definition) is 0. The van der Waals surface area contributed by atoms with Crippen LogP contribution in [0.1, 0.15) is 45.6 Å². The van der Waals surface area contributed by atoms with Crippen LogP contribution in [0.15, 0.2) is 54.1 Å². The number of benzene rings is 1. The predicted molar refractivity (Wildman–Crippen MR) is 126 cm³/mol. The average Bonchev–Trinajstić information content (AvgIpc) is 2.96. The van der Waals surface area contributed by atoms with Crippen LogP contribution in [0.5, 0.6) is 0 Å². The molecule has 1 saturated heterocycles. The van der Waals surface area contributed by atoms with E-state index in [9.17, 15) is 27.6 Å². The van der Waals surface area contributed by atoms with Crippen molar-refractivity contribution >= 4 is 17.9 Å². The predicted octanol–water partition coefficient (Wildman–Crippen LogP) is 4.80. The molecule has 0 aromatic heterocycles. The van der Waals surface area contributed by atoms with Crippen molar-refractivity contribution in [1.82, 2.24) is 0 Å². The summed E-state index contributed by atoms with van der Waals surface area (Å²) in [6.45, 7) is 8.34. The molecular formula is C27H31F3O7. The summed E-state index contributed by atoms with van der Waals surface area (Å²) in [6.07, 6.45) is -4.74. The van der Waals surface area contributed by atoms with Gasteiger partial charge in [-0.15, -0.1) is 0 Å². The molecule has 1 aliphatic carbocycles. The van der Waals surface area contributed by atoms with Gasteiger partial charge in [-0.05, 0) is 31.3 Å². The van der Waals surface area contributed by atoms with Gasteiger partial charge in [0.2, 0.25) is 0 Å². The highest BCUT2D eigenvalue weighted by Gasteiger charge is 2.64. The third kappa shape index (κ3) is 5.74. The number of fused-ring (bicyclic) bond motifs is 1. The van der Waals surface area contributed by atoms with Gasteiger partial charge in [0.1, 0.15) is 18.3 Å². The lowest BCUT2D eigenvalue weighted by molar-refractivity contribution is -0.278. The molecule has 7 nitrogen and oxygen atoms in total. The largest absolute Gasteiger partial charge is 0.460 e. The van der Waals surface area contributed by atoms with Crippen LogP contribution in [0.25, 0.3) is 0 Å². The van der Waals surface area contributed by atoms with E-state index in [0.717, 1.165) is 19.2 Å². The van der Waals surface area contributed by atoms with E-state index in [4.69, 9.17) is 18.9 Å². The monoisotopic (exact) mass is 524 g/mol. The fourth-order valence-electron chi connectivity index (χ4n) is 5.03. The zero-order valence-electron chi connectivity index (χ0n) is 21.2. The van der Waals surface area contributed by atoms with Crippen LogP contribution in [0.2, 0.25) is 0 Å². The number of carbonyl (C=O) groups is 3. The lowest BCUT2D eigenvalue weighted by Crippen LogP contribution is -2.52. The zero-order valence-corrected chi connectivity index (χ0v) is 21.2. The molecule has 1 aliphatic heterocycles. The molecule has 0 unspecified atom stereocenters. The number of halogens is 3. The first kappa shape index (κ1) is 28.4. The molecule has 0 bridgehead atoms. The molecule has 1 fully saturated rings. The summed E-state index contributed by atoms with van der Waals surface area (Å²) in [5.41, 5.74) is -2.64. The minimum Gasteiger partial charge on any atom is -0.460 e. The summed E-state index contributed by atoms with van der Waals surface area (Å²) in [5, 5.41) is 0. The highest BCUT2D eigenvalue weighted by Crippen LogP contribution is 2.44. The van der Waals surface area contributed by atoms with Gasteiger partial charge >= 0.3 is 24.1 Å². The molecule has 1 heterocycles. The Morgan fingerprint density at radius 3 is 2.41 bits per heavy atom. The first-order chi connectivity index (χ1) is 17.3. The molecule has 0 N–H and O–H groups in total. The first-order valence-corrected chi connectivity index (χ1v) is 12.0. The van der Waals surface area contributed by atoms with Gasteiger partial charge in [0.05, 0.1) is 0 Å². The highest BCUT2D eigenvalue weighted by atomic mass is 19.4. The number of rotatable bonds is 8. The molecule has 2 aliphatic rings. The van der Waals surface area contributed by atoms with Gasteiger partial charge in [0.15, 0.2) is 0 Å². The van der Waals surface area contributed by atoms with E-state index < -0.39 is 47.5 Å². The number of ether oxygens (including phenoxy) is 4. The summed E-state index contributed by atoms with van der Waals surface area (Å²) < 4.78 is 63.6. The second-order valence-electron chi connectivity index (χ2n) is 9.45. The highest BCUT2D eigenvalue weighted by molar-refractivity contribution is 5.90. The summed E-state index contributed by atoms with van der Waals surface area (Å²) in [4.78, 5) is 36.8. The standard InChI is InChI=1S/C27H31F3O7/c1-15-13-22-21(17(3)24(32)37-22)12-11-20(15)23(36-18(4)31)14-16(2)35-25(33)26(34-5,27(28,29)30)19-9-7-6-8-10-19/h6-11,15-16,21-23H,3,12-14H2,1-2,4-5H3/t15-,16-,21+,22+,23-,26-/m0/s1. The molecule has 0 saturated carbocycles. The second kappa shape index (κ2) is 11.1. The topological polar surface area (TPSA) is 88.1 Å². The van der Waals surface area contributed by atoms with Crippen LogP contribution in [0, 0.1) is 11.8 Å². The molecule has 1 aromatic rings. The molecule has 6 atom stereocenters. The molecular weight excluding hydrogens is 493 g/mol. The molecule has 202 valence electrons. The summed E-state index contributed by atoms with van der Waals surface area (Å²) in [7, 11) is 0.795. The Morgan fingerprint density at radius 1 is 1.19 bits per heavy atom. The van der Waals surface area contributed by atoms with Crippen molar-refractivity contribution < 1.29 is 46.5 Å². The lowest BCUT2D eigenvalue weighted by atomic mass is 9.88. The van der Waals surface area contributed by atoms with E-state index in [2.05, 4.69) is 6.58 Å². The van der Waals surface area contributed by atoms with Crippen molar-refractivity contribution in [2.75, 3.05) is 7.11 Å². The van der Waals surface area contributed by atoms with E-state index in [1.807, 2.05) is 13.0 Å². The number of carbonyl (C=O) groups excluding carboxylic acids is 3. The van der Waals surface area contributed by atoms with Crippen LogP contribution >= 0.6 is 0 Å². The van der Waals surface area contributed by atoms with Gasteiger partial charge in [-0.25, -0.2) is 9.59 Å². The Labute approximate surface area is 213 Å². The van der Waals surface area contributed by atoms with Crippen LogP contribution in [-0.2, 0) is 38.9 Å². The Balaban J connectivity index is 1.83. The SMILES string of the molecule is C=C1C(=O)O[C@@H]2C[C@H](C)C([C@H](C[C@H](C)OC(=O)[C@@](OC)(c3ccccc3)C(F)(F)F)OC(C)=O)=CC[C@H]12. The van der Waals surface area contributed by atoms with Crippen molar-refractivity contribution in [3.63, 3.8) is 0 Å². The van der Waals surface area contributed by atoms with Gasteiger partial charge in [0.25, 0.3) is 5.60 Å². The van der Waals surface area contributed by atoms with Gasteiger partial charge in [-0.2, -0.15) is 13.2 Å². The number of esters is 3. The van der Waals surface area contributed by atoms with Crippen LogP contribution < -0.4 is 0 Å². The molecule has 0 spiro atoms. The van der Waals surface area contributed by atoms with E-state index in [-0.39, 0.29) is 24.4 Å². The number of allylic oxidation sites excluding steroid dienone is 1. The fourth-order valence-corrected chi connectivity index (χ4v) is 5.03. The smallest absolute Gasteiger partial charge is 0.432 e. The average molecular weight is 525 g/mol.